The van der Waals surface area contributed by atoms with Gasteiger partial charge in [-0.15, -0.1) is 0 Å². The lowest BCUT2D eigenvalue weighted by Crippen LogP contribution is -2.27. The van der Waals surface area contributed by atoms with Crippen LogP contribution in [0.2, 0.25) is 0 Å². The average Bonchev–Trinajstić information content (AvgIpc) is 2.58. The molecule has 2 aromatic carbocycles. The van der Waals surface area contributed by atoms with Crippen LogP contribution in [0.1, 0.15) is 29.3 Å². The molecule has 0 saturated carbocycles. The van der Waals surface area contributed by atoms with Crippen LogP contribution in [0.3, 0.4) is 0 Å². The van der Waals surface area contributed by atoms with Gasteiger partial charge in [-0.25, -0.2) is 17.5 Å². The maximum Gasteiger partial charge on any atom is 0.240 e. The number of halogens is 1. The summed E-state index contributed by atoms with van der Waals surface area (Å²) in [4.78, 5) is 23.1. The zero-order chi connectivity index (χ0) is 19.3. The Morgan fingerprint density at radius 2 is 1.73 bits per heavy atom. The van der Waals surface area contributed by atoms with Crippen molar-refractivity contribution in [3.63, 3.8) is 0 Å². The molecule has 0 aliphatic heterocycles. The van der Waals surface area contributed by atoms with E-state index in [0.29, 0.717) is 16.8 Å². The van der Waals surface area contributed by atoms with Gasteiger partial charge >= 0.3 is 0 Å². The minimum Gasteiger partial charge on any atom is -0.326 e. The van der Waals surface area contributed by atoms with E-state index < -0.39 is 21.7 Å². The summed E-state index contributed by atoms with van der Waals surface area (Å²) in [7, 11) is -3.78. The van der Waals surface area contributed by atoms with Gasteiger partial charge in [0.25, 0.3) is 0 Å². The molecule has 0 unspecified atom stereocenters. The first kappa shape index (κ1) is 19.7. The zero-order valence-electron chi connectivity index (χ0n) is 14.4. The van der Waals surface area contributed by atoms with E-state index in [4.69, 9.17) is 0 Å². The number of carbonyl (C=O) groups excluding carboxylic acids is 2. The van der Waals surface area contributed by atoms with Gasteiger partial charge < -0.3 is 5.32 Å². The Hall–Kier alpha value is -2.58. The second-order valence-corrected chi connectivity index (χ2v) is 7.51. The van der Waals surface area contributed by atoms with Crippen LogP contribution in [0.25, 0.3) is 0 Å². The van der Waals surface area contributed by atoms with Crippen molar-refractivity contribution < 1.29 is 22.4 Å². The van der Waals surface area contributed by atoms with Crippen LogP contribution < -0.4 is 10.0 Å². The Morgan fingerprint density at radius 1 is 1.08 bits per heavy atom. The highest BCUT2D eigenvalue weighted by molar-refractivity contribution is 7.89. The molecule has 8 heteroatoms. The molecule has 1 amide bonds. The average molecular weight is 378 g/mol. The van der Waals surface area contributed by atoms with Crippen LogP contribution >= 0.6 is 0 Å². The third-order valence-corrected chi connectivity index (χ3v) is 5.15. The van der Waals surface area contributed by atoms with Gasteiger partial charge in [-0.2, -0.15) is 0 Å². The van der Waals surface area contributed by atoms with E-state index in [1.54, 1.807) is 19.1 Å². The van der Waals surface area contributed by atoms with Crippen molar-refractivity contribution in [1.29, 1.82) is 0 Å². The van der Waals surface area contributed by atoms with Crippen molar-refractivity contribution >= 4 is 27.4 Å². The number of amides is 1. The quantitative estimate of drug-likeness (QED) is 0.725. The molecule has 0 aliphatic carbocycles. The van der Waals surface area contributed by atoms with E-state index in [2.05, 4.69) is 10.0 Å². The number of hydrogen-bond acceptors (Lipinski definition) is 4. The fraction of sp³-hybridized carbons (Fsp3) is 0.222. The van der Waals surface area contributed by atoms with Crippen molar-refractivity contribution in [2.75, 3.05) is 11.9 Å². The van der Waals surface area contributed by atoms with Gasteiger partial charge in [0.15, 0.2) is 5.78 Å². The minimum absolute atomic E-state index is 0.00325. The topological polar surface area (TPSA) is 92.3 Å². The summed E-state index contributed by atoms with van der Waals surface area (Å²) in [6.07, 6.45) is -0.111. The molecule has 0 heterocycles. The van der Waals surface area contributed by atoms with Crippen LogP contribution in [0.5, 0.6) is 0 Å². The highest BCUT2D eigenvalue weighted by atomic mass is 32.2. The highest BCUT2D eigenvalue weighted by Gasteiger charge is 2.15. The molecule has 2 aromatic rings. The lowest BCUT2D eigenvalue weighted by molar-refractivity contribution is -0.116. The van der Waals surface area contributed by atoms with E-state index in [9.17, 15) is 22.4 Å². The van der Waals surface area contributed by atoms with Crippen LogP contribution in [0.4, 0.5) is 10.1 Å². The number of aryl methyl sites for hydroxylation is 1. The largest absolute Gasteiger partial charge is 0.326 e. The molecule has 26 heavy (non-hydrogen) atoms. The number of hydrogen-bond donors (Lipinski definition) is 2. The first-order valence-corrected chi connectivity index (χ1v) is 9.34. The molecule has 0 saturated heterocycles. The summed E-state index contributed by atoms with van der Waals surface area (Å²) in [5.74, 6) is -1.04. The first-order chi connectivity index (χ1) is 12.2. The Kier molecular flexibility index (Phi) is 6.23. The predicted molar refractivity (Wildman–Crippen MR) is 96.0 cm³/mol. The van der Waals surface area contributed by atoms with Crippen molar-refractivity contribution in [3.8, 4) is 0 Å². The standard InChI is InChI=1S/C18H19FN2O4S/c1-12-3-6-15(11-17(12)19)21-18(23)9-10-20-26(24,25)16-7-4-14(5-8-16)13(2)22/h3-8,11,20H,9-10H2,1-2H3,(H,21,23). The smallest absolute Gasteiger partial charge is 0.240 e. The molecule has 2 rings (SSSR count). The lowest BCUT2D eigenvalue weighted by atomic mass is 10.2. The molecular formula is C18H19FN2O4S. The van der Waals surface area contributed by atoms with Gasteiger partial charge in [0.2, 0.25) is 15.9 Å². The van der Waals surface area contributed by atoms with Crippen LogP contribution in [-0.2, 0) is 14.8 Å². The first-order valence-electron chi connectivity index (χ1n) is 7.86. The van der Waals surface area contributed by atoms with Crippen molar-refractivity contribution in [1.82, 2.24) is 4.72 Å². The van der Waals surface area contributed by atoms with Gasteiger partial charge in [-0.05, 0) is 43.7 Å². The Labute approximate surface area is 151 Å². The maximum atomic E-state index is 13.4. The molecule has 138 valence electrons. The fourth-order valence-corrected chi connectivity index (χ4v) is 3.18. The maximum absolute atomic E-state index is 13.4. The number of carbonyl (C=O) groups is 2. The number of rotatable bonds is 7. The summed E-state index contributed by atoms with van der Waals surface area (Å²) >= 11 is 0. The molecule has 0 atom stereocenters. The van der Waals surface area contributed by atoms with E-state index in [1.165, 1.54) is 37.3 Å². The highest BCUT2D eigenvalue weighted by Crippen LogP contribution is 2.14. The molecule has 6 nitrogen and oxygen atoms in total. The molecular weight excluding hydrogens is 359 g/mol. The zero-order valence-corrected chi connectivity index (χ0v) is 15.2. The monoisotopic (exact) mass is 378 g/mol. The molecule has 0 fully saturated rings. The summed E-state index contributed by atoms with van der Waals surface area (Å²) in [6, 6.07) is 9.82. The summed E-state index contributed by atoms with van der Waals surface area (Å²) in [6.45, 7) is 2.88. The van der Waals surface area contributed by atoms with E-state index in [1.807, 2.05) is 0 Å². The molecule has 0 aliphatic rings. The fourth-order valence-electron chi connectivity index (χ4n) is 2.15. The molecule has 0 radical (unpaired) electrons. The lowest BCUT2D eigenvalue weighted by Gasteiger charge is -2.08. The van der Waals surface area contributed by atoms with Crippen molar-refractivity contribution in [2.24, 2.45) is 0 Å². The van der Waals surface area contributed by atoms with Crippen LogP contribution in [0.15, 0.2) is 47.4 Å². The third kappa shape index (κ3) is 5.21. The second kappa shape index (κ2) is 8.20. The van der Waals surface area contributed by atoms with Crippen molar-refractivity contribution in [2.45, 2.75) is 25.2 Å². The van der Waals surface area contributed by atoms with Gasteiger partial charge in [0.1, 0.15) is 5.82 Å². The van der Waals surface area contributed by atoms with Gasteiger partial charge in [0.05, 0.1) is 4.90 Å². The third-order valence-electron chi connectivity index (χ3n) is 3.67. The normalized spacial score (nSPS) is 11.2. The summed E-state index contributed by atoms with van der Waals surface area (Å²) in [5.41, 5.74) is 1.18. The van der Waals surface area contributed by atoms with Crippen LogP contribution in [0, 0.1) is 12.7 Å². The van der Waals surface area contributed by atoms with Gasteiger partial charge in [-0.1, -0.05) is 18.2 Å². The number of anilines is 1. The second-order valence-electron chi connectivity index (χ2n) is 5.74. The number of nitrogens with one attached hydrogen (secondary N) is 2. The SMILES string of the molecule is CC(=O)c1ccc(S(=O)(=O)NCCC(=O)Nc2ccc(C)c(F)c2)cc1. The molecule has 0 aromatic heterocycles. The Bertz CT molecular complexity index is 925. The van der Waals surface area contributed by atoms with Crippen LogP contribution in [-0.4, -0.2) is 26.7 Å². The van der Waals surface area contributed by atoms with Gasteiger partial charge in [0, 0.05) is 24.2 Å². The number of ketones is 1. The summed E-state index contributed by atoms with van der Waals surface area (Å²) in [5, 5.41) is 2.50. The summed E-state index contributed by atoms with van der Waals surface area (Å²) < 4.78 is 40.1. The minimum atomic E-state index is -3.78. The van der Waals surface area contributed by atoms with E-state index in [0.717, 1.165) is 0 Å². The van der Waals surface area contributed by atoms with Crippen molar-refractivity contribution in [3.05, 3.63) is 59.4 Å². The predicted octanol–water partition coefficient (Wildman–Crippen LogP) is 2.64. The number of Topliss-reactive ketones (excluding diaryl/α,β-unsaturated/α-hetero) is 1. The molecule has 0 bridgehead atoms. The van der Waals surface area contributed by atoms with Gasteiger partial charge in [-0.3, -0.25) is 9.59 Å². The Morgan fingerprint density at radius 3 is 2.31 bits per heavy atom. The van der Waals surface area contributed by atoms with E-state index >= 15 is 0 Å². The number of benzene rings is 2. The van der Waals surface area contributed by atoms with E-state index in [-0.39, 0.29) is 23.6 Å². The Balaban J connectivity index is 1.90. The molecule has 0 spiro atoms. The molecule has 2 N–H and O–H groups in total. The number of sulfonamides is 1.